The third-order valence-corrected chi connectivity index (χ3v) is 4.83. The summed E-state index contributed by atoms with van der Waals surface area (Å²) in [5.74, 6) is -0.731. The van der Waals surface area contributed by atoms with Gasteiger partial charge in [0.2, 0.25) is 0 Å². The van der Waals surface area contributed by atoms with Crippen LogP contribution < -0.4 is 5.48 Å². The molecule has 138 valence electrons. The van der Waals surface area contributed by atoms with Gasteiger partial charge in [-0.05, 0) is 12.5 Å². The molecule has 1 N–H and O–H groups in total. The zero-order chi connectivity index (χ0) is 17.4. The van der Waals surface area contributed by atoms with Gasteiger partial charge in [0.15, 0.2) is 0 Å². The van der Waals surface area contributed by atoms with Gasteiger partial charge in [0.1, 0.15) is 0 Å². The average molecular weight is 372 g/mol. The summed E-state index contributed by atoms with van der Waals surface area (Å²) >= 11 is 0. The summed E-state index contributed by atoms with van der Waals surface area (Å²) in [6.45, 7) is 5.44. The van der Waals surface area contributed by atoms with Crippen LogP contribution in [0.5, 0.6) is 0 Å². The Balaban J connectivity index is 0. The number of hydrogen-bond donors (Lipinski definition) is 1. The Hall–Kier alpha value is 0.120. The van der Waals surface area contributed by atoms with Crippen LogP contribution in [-0.4, -0.2) is 49.6 Å². The SMILES string of the molecule is C=CC(=O)NOS(=O)(=O)CCCCCCCCCCCCCC.[NaH]. The standard InChI is InChI=1S/C17H33NO4S.Na.H/c1-3-5-6-7-8-9-10-11-12-13-14-15-16-23(20,21)22-18-17(19)4-2;;/h4H,2-3,5-16H2,1H3,(H,18,19);;. The van der Waals surface area contributed by atoms with E-state index in [1.165, 1.54) is 51.4 Å². The number of hydrogen-bond acceptors (Lipinski definition) is 4. The van der Waals surface area contributed by atoms with Crippen LogP contribution in [0.15, 0.2) is 12.7 Å². The molecule has 0 aliphatic heterocycles. The van der Waals surface area contributed by atoms with E-state index in [0.29, 0.717) is 6.42 Å². The molecule has 5 nitrogen and oxygen atoms in total. The van der Waals surface area contributed by atoms with Gasteiger partial charge in [0.25, 0.3) is 16.0 Å². The van der Waals surface area contributed by atoms with Crippen molar-refractivity contribution in [1.82, 2.24) is 5.48 Å². The van der Waals surface area contributed by atoms with Gasteiger partial charge in [-0.25, -0.2) is 5.48 Å². The van der Waals surface area contributed by atoms with Crippen LogP contribution in [0.3, 0.4) is 0 Å². The van der Waals surface area contributed by atoms with Crippen LogP contribution in [0.2, 0.25) is 0 Å². The predicted octanol–water partition coefficient (Wildman–Crippen LogP) is 3.60. The number of amides is 1. The van der Waals surface area contributed by atoms with Crippen LogP contribution in [-0.2, 0) is 19.2 Å². The number of hydroxylamine groups is 1. The number of rotatable bonds is 16. The molecule has 0 aliphatic carbocycles. The molecule has 0 atom stereocenters. The fourth-order valence-electron chi connectivity index (χ4n) is 2.31. The topological polar surface area (TPSA) is 72.5 Å². The molecule has 0 aliphatic rings. The van der Waals surface area contributed by atoms with E-state index in [1.807, 2.05) is 5.48 Å². The zero-order valence-electron chi connectivity index (χ0n) is 14.5. The quantitative estimate of drug-likeness (QED) is 0.195. The summed E-state index contributed by atoms with van der Waals surface area (Å²) in [6, 6.07) is 0. The third-order valence-electron chi connectivity index (χ3n) is 3.70. The Kier molecular flexibility index (Phi) is 19.7. The Labute approximate surface area is 170 Å². The minimum absolute atomic E-state index is 0. The Bertz CT molecular complexity index is 413. The number of nitrogens with one attached hydrogen (secondary N) is 1. The monoisotopic (exact) mass is 371 g/mol. The summed E-state index contributed by atoms with van der Waals surface area (Å²) in [6.07, 6.45) is 15.1. The van der Waals surface area contributed by atoms with Crippen LogP contribution in [0.4, 0.5) is 0 Å². The molecular weight excluding hydrogens is 337 g/mol. The second-order valence-corrected chi connectivity index (χ2v) is 7.59. The van der Waals surface area contributed by atoms with Crippen molar-refractivity contribution in [2.75, 3.05) is 5.75 Å². The molecular formula is C17H34NNaO4S. The number of unbranched alkanes of at least 4 members (excludes halogenated alkanes) is 11. The van der Waals surface area contributed by atoms with Crippen molar-refractivity contribution < 1.29 is 17.5 Å². The Morgan fingerprint density at radius 1 is 0.917 bits per heavy atom. The first-order valence-corrected chi connectivity index (χ1v) is 10.4. The van der Waals surface area contributed by atoms with E-state index in [2.05, 4.69) is 17.8 Å². The van der Waals surface area contributed by atoms with Crippen molar-refractivity contribution in [2.24, 2.45) is 0 Å². The predicted molar refractivity (Wildman–Crippen MR) is 101 cm³/mol. The van der Waals surface area contributed by atoms with Gasteiger partial charge in [-0.15, -0.1) is 4.28 Å². The molecule has 0 saturated carbocycles. The van der Waals surface area contributed by atoms with Crippen LogP contribution in [0.1, 0.15) is 84.0 Å². The normalized spacial score (nSPS) is 10.9. The number of carbonyl (C=O) groups excluding carboxylic acids is 1. The maximum atomic E-state index is 11.5. The molecule has 0 saturated heterocycles. The van der Waals surface area contributed by atoms with Crippen molar-refractivity contribution in [3.63, 3.8) is 0 Å². The van der Waals surface area contributed by atoms with E-state index in [4.69, 9.17) is 0 Å². The molecule has 0 aromatic carbocycles. The second-order valence-electron chi connectivity index (χ2n) is 5.90. The van der Waals surface area contributed by atoms with E-state index in [0.717, 1.165) is 25.3 Å². The average Bonchev–Trinajstić information content (AvgIpc) is 2.53. The first-order chi connectivity index (χ1) is 11.0. The summed E-state index contributed by atoms with van der Waals surface area (Å²) in [5.41, 5.74) is 1.82. The van der Waals surface area contributed by atoms with E-state index in [9.17, 15) is 13.2 Å². The van der Waals surface area contributed by atoms with E-state index in [-0.39, 0.29) is 35.3 Å². The molecule has 0 fully saturated rings. The zero-order valence-corrected chi connectivity index (χ0v) is 15.3. The van der Waals surface area contributed by atoms with Gasteiger partial charge in [-0.1, -0.05) is 84.1 Å². The van der Waals surface area contributed by atoms with Crippen LogP contribution >= 0.6 is 0 Å². The number of carbonyl (C=O) groups is 1. The van der Waals surface area contributed by atoms with Crippen molar-refractivity contribution in [2.45, 2.75) is 84.0 Å². The van der Waals surface area contributed by atoms with Crippen molar-refractivity contribution in [3.8, 4) is 0 Å². The second kappa shape index (κ2) is 17.9. The first-order valence-electron chi connectivity index (χ1n) is 8.85. The van der Waals surface area contributed by atoms with Crippen LogP contribution in [0.25, 0.3) is 0 Å². The van der Waals surface area contributed by atoms with Gasteiger partial charge in [-0.2, -0.15) is 8.42 Å². The molecule has 24 heavy (non-hydrogen) atoms. The summed E-state index contributed by atoms with van der Waals surface area (Å²) < 4.78 is 27.3. The fourth-order valence-corrected chi connectivity index (χ4v) is 3.16. The fraction of sp³-hybridized carbons (Fsp3) is 0.824. The van der Waals surface area contributed by atoms with Gasteiger partial charge in [0, 0.05) is 0 Å². The van der Waals surface area contributed by atoms with Gasteiger partial charge in [0.05, 0.1) is 5.75 Å². The molecule has 1 amide bonds. The molecule has 0 heterocycles. The molecule has 0 aromatic heterocycles. The van der Waals surface area contributed by atoms with Crippen molar-refractivity contribution in [3.05, 3.63) is 12.7 Å². The van der Waals surface area contributed by atoms with E-state index >= 15 is 0 Å². The van der Waals surface area contributed by atoms with E-state index < -0.39 is 16.0 Å². The molecule has 0 aromatic rings. The van der Waals surface area contributed by atoms with Crippen LogP contribution in [0, 0.1) is 0 Å². The molecule has 0 radical (unpaired) electrons. The van der Waals surface area contributed by atoms with Gasteiger partial charge >= 0.3 is 29.6 Å². The van der Waals surface area contributed by atoms with Gasteiger partial charge < -0.3 is 0 Å². The van der Waals surface area contributed by atoms with Gasteiger partial charge in [-0.3, -0.25) is 4.79 Å². The molecule has 7 heteroatoms. The van der Waals surface area contributed by atoms with Crippen molar-refractivity contribution in [1.29, 1.82) is 0 Å². The molecule has 0 spiro atoms. The summed E-state index contributed by atoms with van der Waals surface area (Å²) in [4.78, 5) is 10.8. The van der Waals surface area contributed by atoms with Crippen molar-refractivity contribution >= 4 is 45.6 Å². The molecule has 0 unspecified atom stereocenters. The Morgan fingerprint density at radius 2 is 1.33 bits per heavy atom. The Morgan fingerprint density at radius 3 is 1.75 bits per heavy atom. The molecule has 0 bridgehead atoms. The maximum absolute atomic E-state index is 11.5. The first kappa shape index (κ1) is 26.4. The summed E-state index contributed by atoms with van der Waals surface area (Å²) in [5, 5.41) is 0. The van der Waals surface area contributed by atoms with E-state index in [1.54, 1.807) is 0 Å². The summed E-state index contributed by atoms with van der Waals surface area (Å²) in [7, 11) is -3.68. The minimum atomic E-state index is -3.68. The molecule has 0 rings (SSSR count). The third kappa shape index (κ3) is 18.5.